The van der Waals surface area contributed by atoms with Gasteiger partial charge in [-0.25, -0.2) is 5.43 Å². The van der Waals surface area contributed by atoms with E-state index in [1.54, 1.807) is 19.2 Å². The topological polar surface area (TPSA) is 152 Å². The zero-order valence-electron chi connectivity index (χ0n) is 37.3. The van der Waals surface area contributed by atoms with Crippen LogP contribution in [0.4, 0.5) is 0 Å². The standard InChI is InChI=1S/C47H66N8O6/c1-9-53-41-16-15-35(34-14-12-13-33(23-34)24-40(46(59)54-22-11-10-19-49-54)51-45(58)42(31(2)3)52(7)29-56)25-37(41)38(26-47(5,6)28-61-30-57)44(53)39-27-50-55(43(39)32(4)60-8)36-17-20-48-21-18-36/h12-16,23,25,27,29-32,36,40,42,48-49H,9-11,17-22,24,26,28H2,1-8H3,(H,51,58). The summed E-state index contributed by atoms with van der Waals surface area (Å²) in [5.74, 6) is -0.730. The second-order valence-electron chi connectivity index (χ2n) is 17.8. The van der Waals surface area contributed by atoms with Crippen LogP contribution in [0.5, 0.6) is 0 Å². The SMILES string of the molecule is CCn1c(-c2cnn(C3CCNCC3)c2C(C)OC)c(CC(C)(C)COC=O)c2cc(-c3cccc(CC(NC(=O)C(C(C)C)N(C)C=O)C(=O)N4CCCCN4)c3)ccc21. The third kappa shape index (κ3) is 10.2. The minimum Gasteiger partial charge on any atom is -0.467 e. The number of carbonyl (C=O) groups is 4. The monoisotopic (exact) mass is 839 g/mol. The Bertz CT molecular complexity index is 2150. The maximum Gasteiger partial charge on any atom is 0.293 e. The molecule has 2 saturated heterocycles. The molecule has 2 aromatic heterocycles. The number of fused-ring (bicyclic) bond motifs is 1. The van der Waals surface area contributed by atoms with Crippen molar-refractivity contribution in [2.75, 3.05) is 46.9 Å². The van der Waals surface area contributed by atoms with Crippen molar-refractivity contribution in [1.82, 2.24) is 40.3 Å². The van der Waals surface area contributed by atoms with Crippen LogP contribution in [-0.4, -0.2) is 108 Å². The van der Waals surface area contributed by atoms with Gasteiger partial charge in [-0.1, -0.05) is 58.0 Å². The van der Waals surface area contributed by atoms with Crippen molar-refractivity contribution in [3.63, 3.8) is 0 Å². The van der Waals surface area contributed by atoms with Gasteiger partial charge in [-0.2, -0.15) is 5.10 Å². The van der Waals surface area contributed by atoms with Gasteiger partial charge in [-0.15, -0.1) is 0 Å². The number of aryl methyl sites for hydroxylation is 1. The summed E-state index contributed by atoms with van der Waals surface area (Å²) in [7, 11) is 3.33. The molecule has 2 aromatic carbocycles. The van der Waals surface area contributed by atoms with Crippen LogP contribution >= 0.6 is 0 Å². The van der Waals surface area contributed by atoms with Gasteiger partial charge in [0.1, 0.15) is 12.1 Å². The molecule has 61 heavy (non-hydrogen) atoms. The van der Waals surface area contributed by atoms with E-state index < -0.39 is 12.1 Å². The molecule has 0 saturated carbocycles. The minimum atomic E-state index is -0.852. The molecule has 4 heterocycles. The molecule has 4 aromatic rings. The molecule has 2 aliphatic rings. The number of hydrazine groups is 1. The van der Waals surface area contributed by atoms with E-state index in [9.17, 15) is 19.2 Å². The van der Waals surface area contributed by atoms with Crippen LogP contribution in [0.1, 0.15) is 96.2 Å². The number of amides is 3. The van der Waals surface area contributed by atoms with E-state index in [2.05, 4.69) is 83.3 Å². The molecular formula is C47H66N8O6. The number of likely N-dealkylation sites (N-methyl/N-ethyl adjacent to an activating group) is 1. The van der Waals surface area contributed by atoms with Crippen LogP contribution in [0.15, 0.2) is 48.7 Å². The first-order valence-corrected chi connectivity index (χ1v) is 22.0. The number of benzene rings is 2. The Morgan fingerprint density at radius 3 is 2.46 bits per heavy atom. The smallest absolute Gasteiger partial charge is 0.293 e. The predicted octanol–water partition coefficient (Wildman–Crippen LogP) is 5.83. The lowest BCUT2D eigenvalue weighted by atomic mass is 9.84. The second kappa shape index (κ2) is 20.2. The van der Waals surface area contributed by atoms with E-state index >= 15 is 0 Å². The summed E-state index contributed by atoms with van der Waals surface area (Å²) in [6.07, 6.45) is 7.16. The number of aromatic nitrogens is 3. The second-order valence-corrected chi connectivity index (χ2v) is 17.8. The molecule has 0 radical (unpaired) electrons. The van der Waals surface area contributed by atoms with Gasteiger partial charge in [0.25, 0.3) is 12.4 Å². The first-order chi connectivity index (χ1) is 29.3. The number of carbonyl (C=O) groups excluding carboxylic acids is 4. The van der Waals surface area contributed by atoms with Gasteiger partial charge in [0.15, 0.2) is 0 Å². The van der Waals surface area contributed by atoms with Crippen LogP contribution in [0.2, 0.25) is 0 Å². The van der Waals surface area contributed by atoms with Gasteiger partial charge in [0.05, 0.1) is 36.3 Å². The molecule has 0 spiro atoms. The summed E-state index contributed by atoms with van der Waals surface area (Å²) in [5.41, 5.74) is 11.1. The fourth-order valence-corrected chi connectivity index (χ4v) is 9.28. The highest BCUT2D eigenvalue weighted by atomic mass is 16.5. The summed E-state index contributed by atoms with van der Waals surface area (Å²) >= 11 is 0. The molecule has 0 bridgehead atoms. The van der Waals surface area contributed by atoms with Crippen molar-refractivity contribution < 1.29 is 28.7 Å². The highest BCUT2D eigenvalue weighted by Gasteiger charge is 2.34. The fraction of sp³-hybridized carbons (Fsp3) is 0.553. The van der Waals surface area contributed by atoms with Crippen molar-refractivity contribution in [1.29, 1.82) is 0 Å². The Labute approximate surface area is 360 Å². The first-order valence-electron chi connectivity index (χ1n) is 22.0. The van der Waals surface area contributed by atoms with Crippen molar-refractivity contribution in [2.24, 2.45) is 11.3 Å². The van der Waals surface area contributed by atoms with Crippen LogP contribution in [-0.2, 0) is 48.0 Å². The van der Waals surface area contributed by atoms with E-state index in [4.69, 9.17) is 14.6 Å². The van der Waals surface area contributed by atoms with E-state index in [-0.39, 0.29) is 48.3 Å². The Morgan fingerprint density at radius 2 is 1.80 bits per heavy atom. The fourth-order valence-electron chi connectivity index (χ4n) is 9.28. The molecule has 3 unspecified atom stereocenters. The number of piperidine rings is 1. The molecule has 330 valence electrons. The average molecular weight is 839 g/mol. The maximum atomic E-state index is 14.1. The van der Waals surface area contributed by atoms with Gasteiger partial charge in [-0.3, -0.25) is 28.9 Å². The highest BCUT2D eigenvalue weighted by Crippen LogP contribution is 2.43. The van der Waals surface area contributed by atoms with Crippen LogP contribution in [0.3, 0.4) is 0 Å². The quantitative estimate of drug-likeness (QED) is 0.0991. The molecule has 14 nitrogen and oxygen atoms in total. The van der Waals surface area contributed by atoms with Crippen molar-refractivity contribution in [2.45, 2.75) is 111 Å². The van der Waals surface area contributed by atoms with Crippen molar-refractivity contribution >= 4 is 35.6 Å². The molecular weight excluding hydrogens is 773 g/mol. The Balaban J connectivity index is 1.44. The third-order valence-electron chi connectivity index (χ3n) is 12.4. The molecule has 0 aliphatic carbocycles. The molecule has 6 rings (SSSR count). The largest absolute Gasteiger partial charge is 0.467 e. The van der Waals surface area contributed by atoms with Crippen molar-refractivity contribution in [3.8, 4) is 22.4 Å². The van der Waals surface area contributed by atoms with E-state index in [0.29, 0.717) is 32.4 Å². The third-order valence-corrected chi connectivity index (χ3v) is 12.4. The van der Waals surface area contributed by atoms with Crippen LogP contribution < -0.4 is 16.1 Å². The molecule has 2 fully saturated rings. The number of nitrogens with zero attached hydrogens (tertiary/aromatic N) is 5. The molecule has 3 N–H and O–H groups in total. The summed E-state index contributed by atoms with van der Waals surface area (Å²) in [4.78, 5) is 52.3. The van der Waals surface area contributed by atoms with E-state index in [1.165, 1.54) is 4.90 Å². The van der Waals surface area contributed by atoms with Crippen LogP contribution in [0, 0.1) is 11.3 Å². The number of nitrogens with one attached hydrogen (secondary N) is 3. The predicted molar refractivity (Wildman–Crippen MR) is 237 cm³/mol. The minimum absolute atomic E-state index is 0.158. The van der Waals surface area contributed by atoms with Gasteiger partial charge in [-0.05, 0) is 99.3 Å². The number of hydrogen-bond acceptors (Lipinski definition) is 9. The molecule has 2 aliphatic heterocycles. The highest BCUT2D eigenvalue weighted by molar-refractivity contribution is 5.95. The van der Waals surface area contributed by atoms with Gasteiger partial charge in [0.2, 0.25) is 12.3 Å². The summed E-state index contributed by atoms with van der Waals surface area (Å²) in [5, 5.41) is 14.3. The molecule has 3 amide bonds. The maximum absolute atomic E-state index is 14.1. The summed E-state index contributed by atoms with van der Waals surface area (Å²) < 4.78 is 16.0. The van der Waals surface area contributed by atoms with Gasteiger partial charge in [0, 0.05) is 62.1 Å². The number of ether oxygens (including phenoxy) is 2. The lowest BCUT2D eigenvalue weighted by molar-refractivity contribution is -0.142. The van der Waals surface area contributed by atoms with Crippen LogP contribution in [0.25, 0.3) is 33.3 Å². The Kier molecular flexibility index (Phi) is 15.1. The van der Waals surface area contributed by atoms with Crippen molar-refractivity contribution in [3.05, 3.63) is 65.5 Å². The number of hydrogen-bond donors (Lipinski definition) is 3. The van der Waals surface area contributed by atoms with E-state index in [1.807, 2.05) is 32.2 Å². The molecule has 3 atom stereocenters. The zero-order valence-corrected chi connectivity index (χ0v) is 37.3. The van der Waals surface area contributed by atoms with E-state index in [0.717, 1.165) is 95.4 Å². The number of methoxy groups -OCH3 is 1. The normalized spacial score (nSPS) is 16.6. The van der Waals surface area contributed by atoms with Gasteiger partial charge < -0.3 is 29.6 Å². The lowest BCUT2D eigenvalue weighted by Crippen LogP contribution is -2.58. The first kappa shape index (κ1) is 45.5. The Hall–Kier alpha value is -5.05. The average Bonchev–Trinajstić information content (AvgIpc) is 3.83. The zero-order chi connectivity index (χ0) is 43.8. The number of rotatable bonds is 19. The lowest BCUT2D eigenvalue weighted by Gasteiger charge is -2.33. The summed E-state index contributed by atoms with van der Waals surface area (Å²) in [6, 6.07) is 13.4. The molecule has 14 heteroatoms. The summed E-state index contributed by atoms with van der Waals surface area (Å²) in [6.45, 7) is 16.9. The Morgan fingerprint density at radius 1 is 1.05 bits per heavy atom. The van der Waals surface area contributed by atoms with Gasteiger partial charge >= 0.3 is 0 Å².